The fraction of sp³-hybridized carbons (Fsp3) is 1.00. The van der Waals surface area contributed by atoms with Crippen molar-refractivity contribution in [2.24, 2.45) is 5.92 Å². The van der Waals surface area contributed by atoms with Crippen LogP contribution in [0.2, 0.25) is 0 Å². The minimum atomic E-state index is 0.394. The Hall–Kier alpha value is 0.270. The van der Waals surface area contributed by atoms with E-state index in [-0.39, 0.29) is 0 Å². The third-order valence-corrected chi connectivity index (χ3v) is 4.02. The van der Waals surface area contributed by atoms with Gasteiger partial charge in [-0.25, -0.2) is 0 Å². The van der Waals surface area contributed by atoms with Gasteiger partial charge in [0.15, 0.2) is 0 Å². The molecule has 16 heavy (non-hydrogen) atoms. The summed E-state index contributed by atoms with van der Waals surface area (Å²) in [6.45, 7) is 9.88. The largest absolute Gasteiger partial charge is 0.376 e. The summed E-state index contributed by atoms with van der Waals surface area (Å²) < 4.78 is 5.73. The highest BCUT2D eigenvalue weighted by atomic mass is 32.1. The van der Waals surface area contributed by atoms with E-state index >= 15 is 0 Å². The molecule has 0 aromatic heterocycles. The Morgan fingerprint density at radius 2 is 2.19 bits per heavy atom. The molecule has 0 saturated carbocycles. The first-order chi connectivity index (χ1) is 7.71. The number of rotatable bonds is 6. The van der Waals surface area contributed by atoms with E-state index < -0.39 is 0 Å². The van der Waals surface area contributed by atoms with Crippen molar-refractivity contribution < 1.29 is 4.74 Å². The molecule has 1 aliphatic rings. The summed E-state index contributed by atoms with van der Waals surface area (Å²) in [5, 5.41) is 0. The van der Waals surface area contributed by atoms with E-state index in [1.807, 2.05) is 0 Å². The molecule has 1 saturated heterocycles. The zero-order chi connectivity index (χ0) is 12.0. The molecule has 0 N–H and O–H groups in total. The summed E-state index contributed by atoms with van der Waals surface area (Å²) >= 11 is 4.47. The molecule has 3 atom stereocenters. The molecule has 3 heteroatoms. The maximum absolute atomic E-state index is 5.73. The highest BCUT2D eigenvalue weighted by Gasteiger charge is 2.26. The summed E-state index contributed by atoms with van der Waals surface area (Å²) in [7, 11) is 0. The maximum atomic E-state index is 5.73. The van der Waals surface area contributed by atoms with Gasteiger partial charge in [-0.15, -0.1) is 0 Å². The molecule has 0 aromatic rings. The number of nitrogens with zero attached hydrogens (tertiary/aromatic N) is 1. The van der Waals surface area contributed by atoms with Crippen molar-refractivity contribution in [3.63, 3.8) is 0 Å². The Kier molecular flexibility index (Phi) is 6.78. The summed E-state index contributed by atoms with van der Waals surface area (Å²) in [6.07, 6.45) is 4.15. The van der Waals surface area contributed by atoms with E-state index in [9.17, 15) is 0 Å². The topological polar surface area (TPSA) is 12.5 Å². The van der Waals surface area contributed by atoms with Crippen LogP contribution in [0.15, 0.2) is 0 Å². The molecule has 0 radical (unpaired) electrons. The molecule has 0 aromatic carbocycles. The van der Waals surface area contributed by atoms with Crippen LogP contribution >= 0.6 is 12.6 Å². The van der Waals surface area contributed by atoms with Crippen LogP contribution in [0.4, 0.5) is 0 Å². The van der Waals surface area contributed by atoms with Gasteiger partial charge in [-0.2, -0.15) is 12.6 Å². The van der Waals surface area contributed by atoms with E-state index in [2.05, 4.69) is 38.3 Å². The van der Waals surface area contributed by atoms with Gasteiger partial charge in [0.05, 0.1) is 12.7 Å². The second-order valence-electron chi connectivity index (χ2n) is 5.00. The zero-order valence-corrected chi connectivity index (χ0v) is 11.9. The molecule has 1 aliphatic heterocycles. The Balaban J connectivity index is 2.46. The Bertz CT molecular complexity index is 189. The number of hydrogen-bond acceptors (Lipinski definition) is 3. The maximum Gasteiger partial charge on any atom is 0.0674 e. The standard InChI is InChI=1S/C13H27NOS/c1-4-6-12(10-16)8-14-7-11(3)15-9-13(14)5-2/h11-13,16H,4-10H2,1-3H3. The monoisotopic (exact) mass is 245 g/mol. The van der Waals surface area contributed by atoms with Gasteiger partial charge in [-0.3, -0.25) is 4.90 Å². The second-order valence-corrected chi connectivity index (χ2v) is 5.36. The van der Waals surface area contributed by atoms with Gasteiger partial charge in [-0.05, 0) is 31.4 Å². The molecule has 0 bridgehead atoms. The number of thiol groups is 1. The first-order valence-corrected chi connectivity index (χ1v) is 7.30. The van der Waals surface area contributed by atoms with Crippen molar-refractivity contribution in [1.82, 2.24) is 4.90 Å². The predicted octanol–water partition coefficient (Wildman–Crippen LogP) is 2.83. The van der Waals surface area contributed by atoms with Gasteiger partial charge in [0.2, 0.25) is 0 Å². The molecule has 96 valence electrons. The molecule has 3 unspecified atom stereocenters. The number of ether oxygens (including phenoxy) is 1. The molecule has 0 amide bonds. The fourth-order valence-electron chi connectivity index (χ4n) is 2.49. The number of morpholine rings is 1. The van der Waals surface area contributed by atoms with Crippen LogP contribution in [0.3, 0.4) is 0 Å². The third kappa shape index (κ3) is 4.27. The minimum Gasteiger partial charge on any atom is -0.376 e. The van der Waals surface area contributed by atoms with Crippen molar-refractivity contribution in [2.45, 2.75) is 52.2 Å². The molecule has 2 nitrogen and oxygen atoms in total. The summed E-state index contributed by atoms with van der Waals surface area (Å²) in [4.78, 5) is 2.62. The lowest BCUT2D eigenvalue weighted by Gasteiger charge is -2.40. The van der Waals surface area contributed by atoms with Crippen LogP contribution in [0.25, 0.3) is 0 Å². The summed E-state index contributed by atoms with van der Waals surface area (Å²) in [5.74, 6) is 1.75. The van der Waals surface area contributed by atoms with Gasteiger partial charge in [0.25, 0.3) is 0 Å². The minimum absolute atomic E-state index is 0.394. The van der Waals surface area contributed by atoms with E-state index in [0.29, 0.717) is 12.1 Å². The van der Waals surface area contributed by atoms with Gasteiger partial charge in [0.1, 0.15) is 0 Å². The van der Waals surface area contributed by atoms with Crippen molar-refractivity contribution in [3.8, 4) is 0 Å². The smallest absolute Gasteiger partial charge is 0.0674 e. The molecular weight excluding hydrogens is 218 g/mol. The van der Waals surface area contributed by atoms with Crippen LogP contribution in [-0.4, -0.2) is 42.5 Å². The van der Waals surface area contributed by atoms with Crippen LogP contribution in [0.1, 0.15) is 40.0 Å². The average Bonchev–Trinajstić information content (AvgIpc) is 2.29. The van der Waals surface area contributed by atoms with Crippen LogP contribution in [0, 0.1) is 5.92 Å². The van der Waals surface area contributed by atoms with Crippen molar-refractivity contribution in [1.29, 1.82) is 0 Å². The Morgan fingerprint density at radius 1 is 1.44 bits per heavy atom. The Labute approximate surface area is 106 Å². The Morgan fingerprint density at radius 3 is 2.75 bits per heavy atom. The number of hydrogen-bond donors (Lipinski definition) is 1. The van der Waals surface area contributed by atoms with E-state index in [1.54, 1.807) is 0 Å². The highest BCUT2D eigenvalue weighted by molar-refractivity contribution is 7.80. The lowest BCUT2D eigenvalue weighted by molar-refractivity contribution is -0.0600. The average molecular weight is 245 g/mol. The SMILES string of the molecule is CCCC(CS)CN1CC(C)OCC1CC. The summed E-state index contributed by atoms with van der Waals surface area (Å²) in [6, 6.07) is 0.621. The van der Waals surface area contributed by atoms with Crippen molar-refractivity contribution >= 4 is 12.6 Å². The first-order valence-electron chi connectivity index (χ1n) is 6.67. The van der Waals surface area contributed by atoms with E-state index in [4.69, 9.17) is 4.74 Å². The van der Waals surface area contributed by atoms with Crippen LogP contribution < -0.4 is 0 Å². The third-order valence-electron chi connectivity index (χ3n) is 3.50. The predicted molar refractivity (Wildman–Crippen MR) is 73.3 cm³/mol. The van der Waals surface area contributed by atoms with Crippen molar-refractivity contribution in [3.05, 3.63) is 0 Å². The lowest BCUT2D eigenvalue weighted by atomic mass is 10.0. The van der Waals surface area contributed by atoms with Crippen molar-refractivity contribution in [2.75, 3.05) is 25.4 Å². The van der Waals surface area contributed by atoms with E-state index in [0.717, 1.165) is 24.8 Å². The summed E-state index contributed by atoms with van der Waals surface area (Å²) in [5.41, 5.74) is 0. The second kappa shape index (κ2) is 7.57. The lowest BCUT2D eigenvalue weighted by Crippen LogP contribution is -2.50. The highest BCUT2D eigenvalue weighted by Crippen LogP contribution is 2.18. The normalized spacial score (nSPS) is 29.2. The molecule has 1 rings (SSSR count). The first kappa shape index (κ1) is 14.3. The van der Waals surface area contributed by atoms with E-state index in [1.165, 1.54) is 25.8 Å². The van der Waals surface area contributed by atoms with Gasteiger partial charge in [0, 0.05) is 19.1 Å². The fourth-order valence-corrected chi connectivity index (χ4v) is 2.79. The molecular formula is C13H27NOS. The molecule has 0 spiro atoms. The van der Waals surface area contributed by atoms with Gasteiger partial charge >= 0.3 is 0 Å². The zero-order valence-electron chi connectivity index (χ0n) is 11.0. The van der Waals surface area contributed by atoms with Crippen LogP contribution in [0.5, 0.6) is 0 Å². The van der Waals surface area contributed by atoms with Gasteiger partial charge in [-0.1, -0.05) is 20.3 Å². The quantitative estimate of drug-likeness (QED) is 0.723. The molecule has 1 heterocycles. The molecule has 0 aliphatic carbocycles. The molecule has 1 fully saturated rings. The van der Waals surface area contributed by atoms with Gasteiger partial charge < -0.3 is 4.74 Å². The van der Waals surface area contributed by atoms with Crippen LogP contribution in [-0.2, 0) is 4.74 Å².